The first-order chi connectivity index (χ1) is 15.5. The van der Waals surface area contributed by atoms with Gasteiger partial charge in [0.05, 0.1) is 0 Å². The fourth-order valence-corrected chi connectivity index (χ4v) is 5.53. The second-order valence-electron chi connectivity index (χ2n) is 8.99. The SMILES string of the molecule is CC(C)C(=O)N1CCN(c2nn3c(NC4CCCC4)c(-c4cccc(F)c4)nc3s2)CC1. The average molecular weight is 457 g/mol. The van der Waals surface area contributed by atoms with Gasteiger partial charge in [-0.25, -0.2) is 9.37 Å². The number of rotatable bonds is 5. The number of carbonyl (C=O) groups is 1. The molecule has 32 heavy (non-hydrogen) atoms. The number of hydrogen-bond acceptors (Lipinski definition) is 6. The molecule has 1 N–H and O–H groups in total. The van der Waals surface area contributed by atoms with Crippen molar-refractivity contribution in [2.45, 2.75) is 45.6 Å². The molecule has 1 amide bonds. The summed E-state index contributed by atoms with van der Waals surface area (Å²) >= 11 is 1.54. The first-order valence-electron chi connectivity index (χ1n) is 11.5. The maximum Gasteiger partial charge on any atom is 0.225 e. The van der Waals surface area contributed by atoms with Crippen molar-refractivity contribution in [1.82, 2.24) is 19.5 Å². The molecule has 0 bridgehead atoms. The number of hydrogen-bond donors (Lipinski definition) is 1. The number of nitrogens with one attached hydrogen (secondary N) is 1. The molecule has 1 aliphatic carbocycles. The van der Waals surface area contributed by atoms with Gasteiger partial charge in [-0.3, -0.25) is 4.79 Å². The van der Waals surface area contributed by atoms with Crippen LogP contribution in [0.2, 0.25) is 0 Å². The van der Waals surface area contributed by atoms with Gasteiger partial charge < -0.3 is 15.1 Å². The Kier molecular flexibility index (Phi) is 5.75. The topological polar surface area (TPSA) is 65.8 Å². The summed E-state index contributed by atoms with van der Waals surface area (Å²) in [4.78, 5) is 22.1. The summed E-state index contributed by atoms with van der Waals surface area (Å²) in [6.07, 6.45) is 4.69. The van der Waals surface area contributed by atoms with E-state index < -0.39 is 0 Å². The van der Waals surface area contributed by atoms with Gasteiger partial charge >= 0.3 is 0 Å². The van der Waals surface area contributed by atoms with Gasteiger partial charge in [-0.1, -0.05) is 50.2 Å². The molecule has 3 heterocycles. The van der Waals surface area contributed by atoms with Crippen LogP contribution in [0.3, 0.4) is 0 Å². The predicted molar refractivity (Wildman–Crippen MR) is 126 cm³/mol. The lowest BCUT2D eigenvalue weighted by molar-refractivity contribution is -0.134. The van der Waals surface area contributed by atoms with Crippen LogP contribution in [0.15, 0.2) is 24.3 Å². The van der Waals surface area contributed by atoms with Gasteiger partial charge in [-0.2, -0.15) is 4.52 Å². The maximum atomic E-state index is 13.9. The Hall–Kier alpha value is -2.68. The number of benzene rings is 1. The number of amides is 1. The minimum atomic E-state index is -0.270. The third-order valence-corrected chi connectivity index (χ3v) is 7.31. The van der Waals surface area contributed by atoms with E-state index in [-0.39, 0.29) is 17.6 Å². The number of nitrogens with zero attached hydrogens (tertiary/aromatic N) is 5. The van der Waals surface area contributed by atoms with E-state index in [0.29, 0.717) is 19.1 Å². The average Bonchev–Trinajstić information content (AvgIpc) is 3.51. The zero-order chi connectivity index (χ0) is 22.2. The first-order valence-corrected chi connectivity index (χ1v) is 12.3. The van der Waals surface area contributed by atoms with Crippen LogP contribution in [-0.2, 0) is 4.79 Å². The molecule has 170 valence electrons. The molecule has 7 nitrogen and oxygen atoms in total. The summed E-state index contributed by atoms with van der Waals surface area (Å²) in [6, 6.07) is 6.97. The van der Waals surface area contributed by atoms with Gasteiger partial charge in [0, 0.05) is 43.7 Å². The zero-order valence-electron chi connectivity index (χ0n) is 18.6. The van der Waals surface area contributed by atoms with Gasteiger partial charge in [0.25, 0.3) is 0 Å². The highest BCUT2D eigenvalue weighted by atomic mass is 32.1. The number of imidazole rings is 1. The van der Waals surface area contributed by atoms with Crippen LogP contribution < -0.4 is 10.2 Å². The summed E-state index contributed by atoms with van der Waals surface area (Å²) in [5.74, 6) is 0.804. The minimum Gasteiger partial charge on any atom is -0.365 e. The molecule has 2 aliphatic rings. The Morgan fingerprint density at radius 1 is 1.19 bits per heavy atom. The first kappa shape index (κ1) is 21.2. The molecule has 0 radical (unpaired) electrons. The van der Waals surface area contributed by atoms with Crippen LogP contribution in [0.4, 0.5) is 15.3 Å². The van der Waals surface area contributed by atoms with E-state index in [4.69, 9.17) is 10.1 Å². The van der Waals surface area contributed by atoms with E-state index in [1.54, 1.807) is 17.4 Å². The second-order valence-corrected chi connectivity index (χ2v) is 9.93. The summed E-state index contributed by atoms with van der Waals surface area (Å²) in [5.41, 5.74) is 1.50. The standard InChI is InChI=1S/C23H29FN6OS/c1-15(2)21(31)28-10-12-29(13-11-28)23-27-30-20(25-18-8-3-4-9-18)19(26-22(30)32-23)16-6-5-7-17(24)14-16/h5-7,14-15,18,25H,3-4,8-13H2,1-2H3. The molecule has 5 rings (SSSR count). The summed E-state index contributed by atoms with van der Waals surface area (Å²) in [7, 11) is 0. The Morgan fingerprint density at radius 2 is 1.94 bits per heavy atom. The molecule has 2 fully saturated rings. The smallest absolute Gasteiger partial charge is 0.225 e. The van der Waals surface area contributed by atoms with Gasteiger partial charge in [0.2, 0.25) is 16.0 Å². The molecule has 2 aromatic heterocycles. The van der Waals surface area contributed by atoms with Crippen LogP contribution in [0.5, 0.6) is 0 Å². The molecular weight excluding hydrogens is 427 g/mol. The number of fused-ring (bicyclic) bond motifs is 1. The van der Waals surface area contributed by atoms with Crippen molar-refractivity contribution in [1.29, 1.82) is 0 Å². The minimum absolute atomic E-state index is 0.0233. The maximum absolute atomic E-state index is 13.9. The van der Waals surface area contributed by atoms with Crippen LogP contribution >= 0.6 is 11.3 Å². The number of carbonyl (C=O) groups excluding carboxylic acids is 1. The van der Waals surface area contributed by atoms with Gasteiger partial charge in [0.1, 0.15) is 11.5 Å². The van der Waals surface area contributed by atoms with Gasteiger partial charge in [0.15, 0.2) is 5.82 Å². The van der Waals surface area contributed by atoms with E-state index in [0.717, 1.165) is 53.1 Å². The number of aromatic nitrogens is 3. The molecule has 1 aliphatic heterocycles. The molecule has 0 spiro atoms. The normalized spacial score (nSPS) is 17.6. The Balaban J connectivity index is 1.43. The second kappa shape index (κ2) is 8.69. The van der Waals surface area contributed by atoms with Crippen LogP contribution in [0.1, 0.15) is 39.5 Å². The molecule has 1 aromatic carbocycles. The van der Waals surface area contributed by atoms with Crippen LogP contribution in [0.25, 0.3) is 16.2 Å². The molecular formula is C23H29FN6OS. The lowest BCUT2D eigenvalue weighted by Gasteiger charge is -2.35. The summed E-state index contributed by atoms with van der Waals surface area (Å²) in [5, 5.41) is 9.45. The van der Waals surface area contributed by atoms with Crippen molar-refractivity contribution in [3.63, 3.8) is 0 Å². The van der Waals surface area contributed by atoms with Crippen molar-refractivity contribution in [3.8, 4) is 11.3 Å². The highest BCUT2D eigenvalue weighted by Crippen LogP contribution is 2.35. The third-order valence-electron chi connectivity index (χ3n) is 6.34. The van der Waals surface area contributed by atoms with E-state index in [2.05, 4.69) is 10.2 Å². The van der Waals surface area contributed by atoms with Crippen molar-refractivity contribution in [2.75, 3.05) is 36.4 Å². The molecule has 9 heteroatoms. The van der Waals surface area contributed by atoms with Crippen molar-refractivity contribution < 1.29 is 9.18 Å². The number of piperazine rings is 1. The predicted octanol–water partition coefficient (Wildman–Crippen LogP) is 4.26. The molecule has 1 saturated heterocycles. The van der Waals surface area contributed by atoms with Crippen LogP contribution in [-0.4, -0.2) is 57.6 Å². The van der Waals surface area contributed by atoms with Crippen molar-refractivity contribution in [2.24, 2.45) is 5.92 Å². The summed E-state index contributed by atoms with van der Waals surface area (Å²) < 4.78 is 15.8. The van der Waals surface area contributed by atoms with E-state index in [9.17, 15) is 9.18 Å². The molecule has 0 unspecified atom stereocenters. The number of halogens is 1. The fraction of sp³-hybridized carbons (Fsp3) is 0.522. The molecule has 3 aromatic rings. The lowest BCUT2D eigenvalue weighted by Crippen LogP contribution is -2.49. The number of anilines is 2. The molecule has 0 atom stereocenters. The van der Waals surface area contributed by atoms with E-state index in [1.807, 2.05) is 29.3 Å². The Labute approximate surface area is 191 Å². The largest absolute Gasteiger partial charge is 0.365 e. The summed E-state index contributed by atoms with van der Waals surface area (Å²) in [6.45, 7) is 6.83. The third kappa shape index (κ3) is 4.05. The zero-order valence-corrected chi connectivity index (χ0v) is 19.4. The Morgan fingerprint density at radius 3 is 2.62 bits per heavy atom. The fourth-order valence-electron chi connectivity index (χ4n) is 4.58. The quantitative estimate of drug-likeness (QED) is 0.622. The Bertz CT molecular complexity index is 1110. The lowest BCUT2D eigenvalue weighted by atomic mass is 10.1. The van der Waals surface area contributed by atoms with E-state index in [1.165, 1.54) is 25.0 Å². The highest BCUT2D eigenvalue weighted by molar-refractivity contribution is 7.20. The van der Waals surface area contributed by atoms with E-state index >= 15 is 0 Å². The molecule has 1 saturated carbocycles. The van der Waals surface area contributed by atoms with Gasteiger partial charge in [-0.15, -0.1) is 5.10 Å². The highest BCUT2D eigenvalue weighted by Gasteiger charge is 2.27. The van der Waals surface area contributed by atoms with Gasteiger partial charge in [-0.05, 0) is 25.0 Å². The van der Waals surface area contributed by atoms with Crippen molar-refractivity contribution >= 4 is 33.2 Å². The van der Waals surface area contributed by atoms with Crippen molar-refractivity contribution in [3.05, 3.63) is 30.1 Å². The van der Waals surface area contributed by atoms with Crippen LogP contribution in [0, 0.1) is 11.7 Å². The monoisotopic (exact) mass is 456 g/mol.